The highest BCUT2D eigenvalue weighted by Gasteiger charge is 2.22. The van der Waals surface area contributed by atoms with Gasteiger partial charge in [0.05, 0.1) is 5.52 Å². The van der Waals surface area contributed by atoms with Gasteiger partial charge in [0.2, 0.25) is 0 Å². The molecular weight excluding hydrogens is 467 g/mol. The number of fused-ring (bicyclic) bond motifs is 1. The number of amides is 1. The first-order chi connectivity index (χ1) is 13.5. The molecule has 5 nitrogen and oxygen atoms in total. The van der Waals surface area contributed by atoms with Gasteiger partial charge in [0, 0.05) is 21.2 Å². The highest BCUT2D eigenvalue weighted by atomic mass is 127. The van der Waals surface area contributed by atoms with Crippen molar-refractivity contribution in [2.75, 3.05) is 5.32 Å². The SMILES string of the molecule is CCCCCCn1c(=O)c(C(=O)Nc2ccc(I)cc2)c(O)c2ccccc21. The first-order valence-corrected chi connectivity index (χ1v) is 10.5. The van der Waals surface area contributed by atoms with Gasteiger partial charge in [-0.25, -0.2) is 0 Å². The van der Waals surface area contributed by atoms with Gasteiger partial charge in [0.15, 0.2) is 0 Å². The van der Waals surface area contributed by atoms with Crippen molar-refractivity contribution in [1.29, 1.82) is 0 Å². The number of carbonyl (C=O) groups excluding carboxylic acids is 1. The second-order valence-corrected chi connectivity index (χ2v) is 7.96. The summed E-state index contributed by atoms with van der Waals surface area (Å²) in [6, 6.07) is 14.4. The Morgan fingerprint density at radius 2 is 1.79 bits per heavy atom. The summed E-state index contributed by atoms with van der Waals surface area (Å²) in [4.78, 5) is 25.9. The third kappa shape index (κ3) is 4.38. The van der Waals surface area contributed by atoms with E-state index in [1.807, 2.05) is 18.2 Å². The van der Waals surface area contributed by atoms with Crippen LogP contribution in [-0.4, -0.2) is 15.6 Å². The zero-order valence-corrected chi connectivity index (χ0v) is 17.9. The van der Waals surface area contributed by atoms with Gasteiger partial charge in [-0.15, -0.1) is 0 Å². The summed E-state index contributed by atoms with van der Waals surface area (Å²) in [7, 11) is 0. The number of nitrogens with one attached hydrogen (secondary N) is 1. The van der Waals surface area contributed by atoms with E-state index in [0.717, 1.165) is 29.3 Å². The number of hydrogen-bond donors (Lipinski definition) is 2. The number of pyridine rings is 1. The van der Waals surface area contributed by atoms with Crippen LogP contribution in [0.25, 0.3) is 10.9 Å². The van der Waals surface area contributed by atoms with Crippen molar-refractivity contribution >= 4 is 45.1 Å². The van der Waals surface area contributed by atoms with Crippen LogP contribution in [0.1, 0.15) is 43.0 Å². The third-order valence-electron chi connectivity index (χ3n) is 4.71. The van der Waals surface area contributed by atoms with Crippen LogP contribution in [0.15, 0.2) is 53.3 Å². The van der Waals surface area contributed by atoms with E-state index in [0.29, 0.717) is 23.1 Å². The van der Waals surface area contributed by atoms with Crippen LogP contribution in [-0.2, 0) is 6.54 Å². The second kappa shape index (κ2) is 9.23. The lowest BCUT2D eigenvalue weighted by atomic mass is 10.1. The van der Waals surface area contributed by atoms with Crippen LogP contribution in [0.5, 0.6) is 5.75 Å². The average Bonchev–Trinajstić information content (AvgIpc) is 2.69. The van der Waals surface area contributed by atoms with Gasteiger partial charge in [0.25, 0.3) is 11.5 Å². The summed E-state index contributed by atoms with van der Waals surface area (Å²) in [5.41, 5.74) is 0.544. The molecule has 1 heterocycles. The number of aromatic nitrogens is 1. The van der Waals surface area contributed by atoms with Crippen molar-refractivity contribution in [3.8, 4) is 5.75 Å². The molecule has 2 aromatic carbocycles. The molecule has 6 heteroatoms. The standard InChI is InChI=1S/C22H23IN2O3/c1-2-3-4-7-14-25-18-9-6-5-8-17(18)20(26)19(22(25)28)21(27)24-16-12-10-15(23)11-13-16/h5-6,8-13,26H,2-4,7,14H2,1H3,(H,24,27). The summed E-state index contributed by atoms with van der Waals surface area (Å²) < 4.78 is 2.65. The molecule has 3 aromatic rings. The number of para-hydroxylation sites is 1. The maximum atomic E-state index is 13.1. The van der Waals surface area contributed by atoms with Gasteiger partial charge in [-0.05, 0) is 65.4 Å². The van der Waals surface area contributed by atoms with Crippen molar-refractivity contribution in [3.63, 3.8) is 0 Å². The minimum Gasteiger partial charge on any atom is -0.506 e. The Kier molecular flexibility index (Phi) is 6.72. The molecule has 0 saturated heterocycles. The molecule has 0 atom stereocenters. The lowest BCUT2D eigenvalue weighted by molar-refractivity contribution is 0.102. The smallest absolute Gasteiger partial charge is 0.267 e. The van der Waals surface area contributed by atoms with Gasteiger partial charge in [-0.3, -0.25) is 9.59 Å². The van der Waals surface area contributed by atoms with E-state index in [1.165, 1.54) is 0 Å². The van der Waals surface area contributed by atoms with Gasteiger partial charge < -0.3 is 15.0 Å². The van der Waals surface area contributed by atoms with Gasteiger partial charge >= 0.3 is 0 Å². The monoisotopic (exact) mass is 490 g/mol. The molecule has 0 aliphatic heterocycles. The molecule has 0 saturated carbocycles. The third-order valence-corrected chi connectivity index (χ3v) is 5.43. The minimum absolute atomic E-state index is 0.215. The summed E-state index contributed by atoms with van der Waals surface area (Å²) in [6.07, 6.45) is 4.07. The van der Waals surface area contributed by atoms with E-state index < -0.39 is 11.5 Å². The Bertz CT molecular complexity index is 1040. The van der Waals surface area contributed by atoms with E-state index in [-0.39, 0.29) is 11.3 Å². The second-order valence-electron chi connectivity index (χ2n) is 6.72. The van der Waals surface area contributed by atoms with Gasteiger partial charge in [-0.1, -0.05) is 38.3 Å². The van der Waals surface area contributed by atoms with Crippen LogP contribution in [0, 0.1) is 3.57 Å². The number of aromatic hydroxyl groups is 1. The maximum absolute atomic E-state index is 13.1. The fraction of sp³-hybridized carbons (Fsp3) is 0.273. The van der Waals surface area contributed by atoms with Crippen LogP contribution in [0.3, 0.4) is 0 Å². The van der Waals surface area contributed by atoms with Crippen LogP contribution in [0.2, 0.25) is 0 Å². The fourth-order valence-corrected chi connectivity index (χ4v) is 3.60. The lowest BCUT2D eigenvalue weighted by Crippen LogP contribution is -2.30. The summed E-state index contributed by atoms with van der Waals surface area (Å²) >= 11 is 2.18. The highest BCUT2D eigenvalue weighted by molar-refractivity contribution is 14.1. The van der Waals surface area contributed by atoms with E-state index >= 15 is 0 Å². The molecule has 0 bridgehead atoms. The van der Waals surface area contributed by atoms with E-state index in [1.54, 1.807) is 34.9 Å². The minimum atomic E-state index is -0.600. The van der Waals surface area contributed by atoms with Gasteiger partial charge in [-0.2, -0.15) is 0 Å². The van der Waals surface area contributed by atoms with Crippen molar-refractivity contribution in [2.24, 2.45) is 0 Å². The Balaban J connectivity index is 2.02. The van der Waals surface area contributed by atoms with E-state index in [2.05, 4.69) is 34.8 Å². The predicted molar refractivity (Wildman–Crippen MR) is 121 cm³/mol. The lowest BCUT2D eigenvalue weighted by Gasteiger charge is -2.15. The van der Waals surface area contributed by atoms with E-state index in [9.17, 15) is 14.7 Å². The molecule has 0 unspecified atom stereocenters. The number of benzene rings is 2. The molecule has 1 amide bonds. The largest absolute Gasteiger partial charge is 0.506 e. The first-order valence-electron chi connectivity index (χ1n) is 9.44. The number of rotatable bonds is 7. The first kappa shape index (κ1) is 20.4. The quantitative estimate of drug-likeness (QED) is 0.356. The Labute approximate surface area is 177 Å². The predicted octanol–water partition coefficient (Wildman–Crippen LogP) is 5.14. The Morgan fingerprint density at radius 3 is 2.50 bits per heavy atom. The molecule has 0 radical (unpaired) electrons. The Hall–Kier alpha value is -2.35. The number of halogens is 1. The zero-order chi connectivity index (χ0) is 20.1. The fourth-order valence-electron chi connectivity index (χ4n) is 3.24. The topological polar surface area (TPSA) is 71.3 Å². The van der Waals surface area contributed by atoms with Crippen molar-refractivity contribution in [2.45, 2.75) is 39.2 Å². The molecule has 28 heavy (non-hydrogen) atoms. The number of aryl methyl sites for hydroxylation is 1. The van der Waals surface area contributed by atoms with Crippen LogP contribution in [0.4, 0.5) is 5.69 Å². The highest BCUT2D eigenvalue weighted by Crippen LogP contribution is 2.27. The molecule has 3 rings (SSSR count). The number of carbonyl (C=O) groups is 1. The molecule has 0 aliphatic carbocycles. The molecule has 146 valence electrons. The summed E-state index contributed by atoms with van der Waals surface area (Å²) in [6.45, 7) is 2.65. The Morgan fingerprint density at radius 1 is 1.07 bits per heavy atom. The number of unbranched alkanes of at least 4 members (excludes halogenated alkanes) is 3. The van der Waals surface area contributed by atoms with Crippen molar-refractivity contribution in [3.05, 3.63) is 68.0 Å². The molecule has 2 N–H and O–H groups in total. The average molecular weight is 490 g/mol. The van der Waals surface area contributed by atoms with Crippen molar-refractivity contribution < 1.29 is 9.90 Å². The van der Waals surface area contributed by atoms with Crippen molar-refractivity contribution in [1.82, 2.24) is 4.57 Å². The van der Waals surface area contributed by atoms with E-state index in [4.69, 9.17) is 0 Å². The molecule has 0 fully saturated rings. The molecule has 0 aliphatic rings. The summed E-state index contributed by atoms with van der Waals surface area (Å²) in [5, 5.41) is 13.9. The number of nitrogens with zero attached hydrogens (tertiary/aromatic N) is 1. The normalized spacial score (nSPS) is 10.9. The molecular formula is C22H23IN2O3. The maximum Gasteiger partial charge on any atom is 0.267 e. The zero-order valence-electron chi connectivity index (χ0n) is 15.7. The molecule has 0 spiro atoms. The number of anilines is 1. The number of hydrogen-bond acceptors (Lipinski definition) is 3. The van der Waals surface area contributed by atoms with Gasteiger partial charge in [0.1, 0.15) is 11.3 Å². The van der Waals surface area contributed by atoms with Crippen LogP contribution >= 0.6 is 22.6 Å². The molecule has 1 aromatic heterocycles. The van der Waals surface area contributed by atoms with Crippen LogP contribution < -0.4 is 10.9 Å². The summed E-state index contributed by atoms with van der Waals surface area (Å²) in [5.74, 6) is -0.870.